The fraction of sp³-hybridized carbons (Fsp3) is 0.625. The van der Waals surface area contributed by atoms with Gasteiger partial charge in [0.05, 0.1) is 18.3 Å². The lowest BCUT2D eigenvalue weighted by Crippen LogP contribution is -2.16. The van der Waals surface area contributed by atoms with Gasteiger partial charge in [0.25, 0.3) is 0 Å². The van der Waals surface area contributed by atoms with Gasteiger partial charge in [0.2, 0.25) is 0 Å². The van der Waals surface area contributed by atoms with Crippen molar-refractivity contribution in [1.29, 1.82) is 0 Å². The fourth-order valence-corrected chi connectivity index (χ4v) is 1.74. The van der Waals surface area contributed by atoms with Crippen LogP contribution in [-0.2, 0) is 12.8 Å². The van der Waals surface area contributed by atoms with Crippen LogP contribution in [0.2, 0.25) is 0 Å². The van der Waals surface area contributed by atoms with E-state index in [4.69, 9.17) is 10.8 Å². The number of nitrogens with one attached hydrogen (secondary N) is 1. The number of hydrogen-bond acceptors (Lipinski definition) is 3. The number of aryl methyl sites for hydroxylation is 1. The summed E-state index contributed by atoms with van der Waals surface area (Å²) in [5.41, 5.74) is 8.97. The smallest absolute Gasteiger partial charge is 0.0847 e. The molecule has 1 aromatic heterocycles. The van der Waals surface area contributed by atoms with Crippen LogP contribution in [0, 0.1) is 0 Å². The molecule has 0 aromatic carbocycles. The summed E-state index contributed by atoms with van der Waals surface area (Å²) in [5.74, 6) is 0. The molecule has 66 valence electrons. The predicted octanol–water partition coefficient (Wildman–Crippen LogP) is -0.110. The summed E-state index contributed by atoms with van der Waals surface area (Å²) in [4.78, 5) is 0. The molecule has 4 heteroatoms. The van der Waals surface area contributed by atoms with Crippen LogP contribution in [-0.4, -0.2) is 21.9 Å². The molecule has 0 aliphatic heterocycles. The topological polar surface area (TPSA) is 74.9 Å². The zero-order valence-corrected chi connectivity index (χ0v) is 6.88. The second-order valence-electron chi connectivity index (χ2n) is 3.21. The maximum atomic E-state index is 8.86. The van der Waals surface area contributed by atoms with Gasteiger partial charge in [-0.2, -0.15) is 5.10 Å². The number of rotatable bonds is 2. The van der Waals surface area contributed by atoms with Crippen molar-refractivity contribution < 1.29 is 5.11 Å². The van der Waals surface area contributed by atoms with E-state index in [1.54, 1.807) is 0 Å². The SMILES string of the molecule is N[C@@H](CO)c1n[nH]c2c1CCC2. The van der Waals surface area contributed by atoms with Crippen molar-refractivity contribution in [3.05, 3.63) is 17.0 Å². The number of aromatic amines is 1. The van der Waals surface area contributed by atoms with Gasteiger partial charge in [-0.25, -0.2) is 0 Å². The molecular weight excluding hydrogens is 154 g/mol. The lowest BCUT2D eigenvalue weighted by molar-refractivity contribution is 0.265. The monoisotopic (exact) mass is 167 g/mol. The van der Waals surface area contributed by atoms with Crippen molar-refractivity contribution in [1.82, 2.24) is 10.2 Å². The Balaban J connectivity index is 2.33. The predicted molar refractivity (Wildman–Crippen MR) is 44.6 cm³/mol. The molecular formula is C8H13N3O. The van der Waals surface area contributed by atoms with Gasteiger partial charge in [-0.05, 0) is 24.8 Å². The van der Waals surface area contributed by atoms with Crippen LogP contribution >= 0.6 is 0 Å². The largest absolute Gasteiger partial charge is 0.394 e. The van der Waals surface area contributed by atoms with Crippen LogP contribution in [0.25, 0.3) is 0 Å². The third-order valence-electron chi connectivity index (χ3n) is 2.39. The molecule has 0 bridgehead atoms. The first-order valence-corrected chi connectivity index (χ1v) is 4.25. The molecule has 0 fully saturated rings. The highest BCUT2D eigenvalue weighted by molar-refractivity contribution is 5.31. The number of H-pyrrole nitrogens is 1. The molecule has 0 spiro atoms. The molecule has 12 heavy (non-hydrogen) atoms. The number of nitrogens with two attached hydrogens (primary N) is 1. The second-order valence-corrected chi connectivity index (χ2v) is 3.21. The van der Waals surface area contributed by atoms with E-state index in [-0.39, 0.29) is 12.6 Å². The van der Waals surface area contributed by atoms with Crippen molar-refractivity contribution in [3.63, 3.8) is 0 Å². The van der Waals surface area contributed by atoms with Crippen molar-refractivity contribution in [2.45, 2.75) is 25.3 Å². The Labute approximate surface area is 70.8 Å². The van der Waals surface area contributed by atoms with E-state index >= 15 is 0 Å². The maximum absolute atomic E-state index is 8.86. The first kappa shape index (κ1) is 7.76. The number of aromatic nitrogens is 2. The maximum Gasteiger partial charge on any atom is 0.0847 e. The normalized spacial score (nSPS) is 17.8. The first-order valence-electron chi connectivity index (χ1n) is 4.25. The van der Waals surface area contributed by atoms with E-state index < -0.39 is 0 Å². The van der Waals surface area contributed by atoms with Crippen LogP contribution in [0.15, 0.2) is 0 Å². The minimum absolute atomic E-state index is 0.0305. The van der Waals surface area contributed by atoms with Gasteiger partial charge in [0, 0.05) is 5.69 Å². The standard InChI is InChI=1S/C8H13N3O/c9-6(4-12)8-5-2-1-3-7(5)10-11-8/h6,12H,1-4,9H2,(H,10,11)/t6-/m0/s1. The molecule has 0 saturated carbocycles. The molecule has 1 atom stereocenters. The second kappa shape index (κ2) is 2.88. The molecule has 2 rings (SSSR count). The Kier molecular flexibility index (Phi) is 1.86. The van der Waals surface area contributed by atoms with Gasteiger partial charge in [-0.1, -0.05) is 0 Å². The van der Waals surface area contributed by atoms with Crippen LogP contribution in [0.1, 0.15) is 29.4 Å². The Bertz CT molecular complexity index is 282. The summed E-state index contributed by atoms with van der Waals surface area (Å²) in [6, 6.07) is -0.317. The zero-order valence-electron chi connectivity index (χ0n) is 6.88. The number of fused-ring (bicyclic) bond motifs is 1. The number of nitrogens with zero attached hydrogens (tertiary/aromatic N) is 1. The Hall–Kier alpha value is -0.870. The van der Waals surface area contributed by atoms with Crippen molar-refractivity contribution in [2.75, 3.05) is 6.61 Å². The molecule has 0 unspecified atom stereocenters. The van der Waals surface area contributed by atoms with E-state index in [0.717, 1.165) is 18.5 Å². The van der Waals surface area contributed by atoms with Gasteiger partial charge in [-0.3, -0.25) is 5.10 Å². The quantitative estimate of drug-likeness (QED) is 0.575. The van der Waals surface area contributed by atoms with E-state index in [1.807, 2.05) is 0 Å². The number of aliphatic hydroxyl groups excluding tert-OH is 1. The highest BCUT2D eigenvalue weighted by Crippen LogP contribution is 2.25. The average molecular weight is 167 g/mol. The van der Waals surface area contributed by atoms with Crippen molar-refractivity contribution in [2.24, 2.45) is 5.73 Å². The summed E-state index contributed by atoms with van der Waals surface area (Å²) in [7, 11) is 0. The van der Waals surface area contributed by atoms with Crippen LogP contribution in [0.5, 0.6) is 0 Å². The summed E-state index contributed by atoms with van der Waals surface area (Å²) in [5, 5.41) is 15.9. The molecule has 0 saturated heterocycles. The summed E-state index contributed by atoms with van der Waals surface area (Å²) < 4.78 is 0. The number of hydrogen-bond donors (Lipinski definition) is 3. The average Bonchev–Trinajstić information content (AvgIpc) is 2.62. The van der Waals surface area contributed by atoms with E-state index in [1.165, 1.54) is 17.7 Å². The van der Waals surface area contributed by atoms with E-state index in [2.05, 4.69) is 10.2 Å². The van der Waals surface area contributed by atoms with E-state index in [9.17, 15) is 0 Å². The molecule has 1 aromatic rings. The Morgan fingerprint density at radius 2 is 2.42 bits per heavy atom. The summed E-state index contributed by atoms with van der Waals surface area (Å²) in [6.45, 7) is -0.0305. The zero-order chi connectivity index (χ0) is 8.55. The van der Waals surface area contributed by atoms with Gasteiger partial charge >= 0.3 is 0 Å². The highest BCUT2D eigenvalue weighted by Gasteiger charge is 2.21. The third-order valence-corrected chi connectivity index (χ3v) is 2.39. The molecule has 1 heterocycles. The molecule has 1 aliphatic rings. The number of aliphatic hydroxyl groups is 1. The minimum Gasteiger partial charge on any atom is -0.394 e. The van der Waals surface area contributed by atoms with Gasteiger partial charge in [-0.15, -0.1) is 0 Å². The Morgan fingerprint density at radius 3 is 3.17 bits per heavy atom. The molecule has 4 N–H and O–H groups in total. The lowest BCUT2D eigenvalue weighted by Gasteiger charge is -2.05. The highest BCUT2D eigenvalue weighted by atomic mass is 16.3. The first-order chi connectivity index (χ1) is 5.83. The van der Waals surface area contributed by atoms with E-state index in [0.29, 0.717) is 0 Å². The molecule has 1 aliphatic carbocycles. The minimum atomic E-state index is -0.317. The van der Waals surface area contributed by atoms with Gasteiger partial charge in [0.1, 0.15) is 0 Å². The summed E-state index contributed by atoms with van der Waals surface area (Å²) in [6.07, 6.45) is 3.30. The van der Waals surface area contributed by atoms with Crippen LogP contribution < -0.4 is 5.73 Å². The van der Waals surface area contributed by atoms with Crippen molar-refractivity contribution in [3.8, 4) is 0 Å². The van der Waals surface area contributed by atoms with Crippen molar-refractivity contribution >= 4 is 0 Å². The Morgan fingerprint density at radius 1 is 1.58 bits per heavy atom. The lowest BCUT2D eigenvalue weighted by atomic mass is 10.1. The van der Waals surface area contributed by atoms with Crippen LogP contribution in [0.4, 0.5) is 0 Å². The molecule has 0 radical (unpaired) electrons. The molecule has 4 nitrogen and oxygen atoms in total. The molecule has 0 amide bonds. The fourth-order valence-electron chi connectivity index (χ4n) is 1.74. The van der Waals surface area contributed by atoms with Gasteiger partial charge < -0.3 is 10.8 Å². The van der Waals surface area contributed by atoms with Crippen LogP contribution in [0.3, 0.4) is 0 Å². The third kappa shape index (κ3) is 1.04. The van der Waals surface area contributed by atoms with Gasteiger partial charge in [0.15, 0.2) is 0 Å². The summed E-state index contributed by atoms with van der Waals surface area (Å²) >= 11 is 0.